The summed E-state index contributed by atoms with van der Waals surface area (Å²) in [5.41, 5.74) is 1.15. The van der Waals surface area contributed by atoms with E-state index in [2.05, 4.69) is 24.2 Å². The predicted octanol–water partition coefficient (Wildman–Crippen LogP) is 1.99. The van der Waals surface area contributed by atoms with Gasteiger partial charge in [-0.15, -0.1) is 0 Å². The molecule has 1 aliphatic heterocycles. The van der Waals surface area contributed by atoms with Crippen LogP contribution in [0.3, 0.4) is 0 Å². The van der Waals surface area contributed by atoms with Crippen LogP contribution in [-0.4, -0.2) is 61.4 Å². The molecule has 0 bridgehead atoms. The lowest BCUT2D eigenvalue weighted by atomic mass is 10.1. The van der Waals surface area contributed by atoms with Crippen LogP contribution in [0.25, 0.3) is 0 Å². The van der Waals surface area contributed by atoms with E-state index in [-0.39, 0.29) is 11.8 Å². The van der Waals surface area contributed by atoms with Crippen LogP contribution in [-0.2, 0) is 0 Å². The Kier molecular flexibility index (Phi) is 6.59. The number of benzene rings is 1. The van der Waals surface area contributed by atoms with Crippen molar-refractivity contribution in [2.24, 2.45) is 0 Å². The van der Waals surface area contributed by atoms with Gasteiger partial charge in [-0.1, -0.05) is 25.8 Å². The fourth-order valence-corrected chi connectivity index (χ4v) is 2.66. The molecule has 1 aromatic carbocycles. The molecule has 0 saturated carbocycles. The first-order valence-electron chi connectivity index (χ1n) is 8.48. The van der Waals surface area contributed by atoms with E-state index in [4.69, 9.17) is 0 Å². The summed E-state index contributed by atoms with van der Waals surface area (Å²) in [5.74, 6) is -0.0899. The number of rotatable bonds is 6. The molecular weight excluding hydrogens is 290 g/mol. The maximum Gasteiger partial charge on any atom is 0.253 e. The normalized spacial score (nSPS) is 15.5. The van der Waals surface area contributed by atoms with Crippen molar-refractivity contribution in [2.45, 2.75) is 26.2 Å². The van der Waals surface area contributed by atoms with Crippen molar-refractivity contribution in [1.29, 1.82) is 0 Å². The fourth-order valence-electron chi connectivity index (χ4n) is 2.66. The first-order valence-corrected chi connectivity index (χ1v) is 8.48. The third-order valence-corrected chi connectivity index (χ3v) is 4.23. The Morgan fingerprint density at radius 3 is 2.48 bits per heavy atom. The first kappa shape index (κ1) is 17.5. The minimum absolute atomic E-state index is 0.0127. The van der Waals surface area contributed by atoms with Crippen molar-refractivity contribution in [3.63, 3.8) is 0 Å². The number of nitrogens with zero attached hydrogens (tertiary/aromatic N) is 2. The third kappa shape index (κ3) is 5.06. The average Bonchev–Trinajstić information content (AvgIpc) is 2.59. The molecule has 1 fully saturated rings. The fraction of sp³-hybridized carbons (Fsp3) is 0.556. The van der Waals surface area contributed by atoms with E-state index in [1.54, 1.807) is 24.3 Å². The lowest BCUT2D eigenvalue weighted by molar-refractivity contribution is 0.0664. The number of piperazine rings is 1. The van der Waals surface area contributed by atoms with Crippen molar-refractivity contribution < 1.29 is 9.59 Å². The van der Waals surface area contributed by atoms with Gasteiger partial charge in [0.2, 0.25) is 0 Å². The maximum absolute atomic E-state index is 12.6. The van der Waals surface area contributed by atoms with E-state index in [1.807, 2.05) is 4.90 Å². The van der Waals surface area contributed by atoms with Crippen molar-refractivity contribution in [1.82, 2.24) is 15.1 Å². The summed E-state index contributed by atoms with van der Waals surface area (Å²) in [7, 11) is 2.06. The summed E-state index contributed by atoms with van der Waals surface area (Å²) in [4.78, 5) is 28.8. The van der Waals surface area contributed by atoms with E-state index in [9.17, 15) is 9.59 Å². The second kappa shape index (κ2) is 8.67. The number of nitrogens with one attached hydrogen (secondary N) is 1. The molecule has 2 amide bonds. The third-order valence-electron chi connectivity index (χ3n) is 4.23. The van der Waals surface area contributed by atoms with Gasteiger partial charge in [0.1, 0.15) is 0 Å². The van der Waals surface area contributed by atoms with Gasteiger partial charge >= 0.3 is 0 Å². The molecular formula is C18H27N3O2. The number of carbonyl (C=O) groups excluding carboxylic acids is 2. The second-order valence-electron chi connectivity index (χ2n) is 6.14. The summed E-state index contributed by atoms with van der Waals surface area (Å²) in [5, 5.41) is 2.91. The molecule has 1 aliphatic rings. The van der Waals surface area contributed by atoms with Crippen molar-refractivity contribution in [3.05, 3.63) is 35.4 Å². The Morgan fingerprint density at radius 2 is 1.78 bits per heavy atom. The summed E-state index contributed by atoms with van der Waals surface area (Å²) in [6.07, 6.45) is 3.23. The van der Waals surface area contributed by atoms with Gasteiger partial charge in [0.15, 0.2) is 0 Å². The van der Waals surface area contributed by atoms with E-state index in [1.165, 1.54) is 0 Å². The predicted molar refractivity (Wildman–Crippen MR) is 91.7 cm³/mol. The molecule has 1 aromatic rings. The molecule has 5 heteroatoms. The summed E-state index contributed by atoms with van der Waals surface area (Å²) >= 11 is 0. The number of amides is 2. The lowest BCUT2D eigenvalue weighted by Gasteiger charge is -2.32. The molecule has 0 radical (unpaired) electrons. The zero-order valence-corrected chi connectivity index (χ0v) is 14.2. The van der Waals surface area contributed by atoms with Crippen LogP contribution in [0, 0.1) is 0 Å². The molecule has 0 aliphatic carbocycles. The van der Waals surface area contributed by atoms with Gasteiger partial charge in [-0.05, 0) is 31.7 Å². The highest BCUT2D eigenvalue weighted by Crippen LogP contribution is 2.11. The van der Waals surface area contributed by atoms with Crippen molar-refractivity contribution in [2.75, 3.05) is 39.8 Å². The van der Waals surface area contributed by atoms with Crippen LogP contribution < -0.4 is 5.32 Å². The number of likely N-dealkylation sites (N-methyl/N-ethyl adjacent to an activating group) is 1. The lowest BCUT2D eigenvalue weighted by Crippen LogP contribution is -2.47. The van der Waals surface area contributed by atoms with Crippen molar-refractivity contribution >= 4 is 11.8 Å². The number of hydrogen-bond acceptors (Lipinski definition) is 3. The SMILES string of the molecule is CCCCCNC(=O)c1cccc(C(=O)N2CCN(C)CC2)c1. The Morgan fingerprint density at radius 1 is 1.09 bits per heavy atom. The molecule has 0 atom stereocenters. The van der Waals surface area contributed by atoms with Gasteiger partial charge in [0.25, 0.3) is 11.8 Å². The van der Waals surface area contributed by atoms with Crippen LogP contribution in [0.4, 0.5) is 0 Å². The van der Waals surface area contributed by atoms with E-state index in [0.717, 1.165) is 45.4 Å². The topological polar surface area (TPSA) is 52.7 Å². The van der Waals surface area contributed by atoms with Gasteiger partial charge in [-0.3, -0.25) is 9.59 Å². The summed E-state index contributed by atoms with van der Waals surface area (Å²) in [6, 6.07) is 7.03. The molecule has 1 heterocycles. The smallest absolute Gasteiger partial charge is 0.253 e. The Hall–Kier alpha value is -1.88. The first-order chi connectivity index (χ1) is 11.1. The average molecular weight is 317 g/mol. The molecule has 5 nitrogen and oxygen atoms in total. The van der Waals surface area contributed by atoms with E-state index in [0.29, 0.717) is 17.7 Å². The monoisotopic (exact) mass is 317 g/mol. The molecule has 0 spiro atoms. The molecule has 2 rings (SSSR count). The van der Waals surface area contributed by atoms with E-state index < -0.39 is 0 Å². The van der Waals surface area contributed by atoms with Gasteiger partial charge < -0.3 is 15.1 Å². The highest BCUT2D eigenvalue weighted by molar-refractivity contribution is 5.99. The van der Waals surface area contributed by atoms with Crippen molar-refractivity contribution in [3.8, 4) is 0 Å². The van der Waals surface area contributed by atoms with Gasteiger partial charge in [-0.2, -0.15) is 0 Å². The Bertz CT molecular complexity index is 537. The minimum Gasteiger partial charge on any atom is -0.352 e. The van der Waals surface area contributed by atoms with Crippen LogP contribution in [0.5, 0.6) is 0 Å². The van der Waals surface area contributed by atoms with Crippen LogP contribution in [0.15, 0.2) is 24.3 Å². The molecule has 0 aromatic heterocycles. The quantitative estimate of drug-likeness (QED) is 0.817. The molecule has 0 unspecified atom stereocenters. The van der Waals surface area contributed by atoms with Gasteiger partial charge in [0.05, 0.1) is 0 Å². The molecule has 1 saturated heterocycles. The second-order valence-corrected chi connectivity index (χ2v) is 6.14. The maximum atomic E-state index is 12.6. The van der Waals surface area contributed by atoms with Gasteiger partial charge in [-0.25, -0.2) is 0 Å². The highest BCUT2D eigenvalue weighted by Gasteiger charge is 2.20. The van der Waals surface area contributed by atoms with Crippen LogP contribution >= 0.6 is 0 Å². The van der Waals surface area contributed by atoms with E-state index >= 15 is 0 Å². The Labute approximate surface area is 138 Å². The standard InChI is InChI=1S/C18H27N3O2/c1-3-4-5-9-19-17(22)15-7-6-8-16(14-15)18(23)21-12-10-20(2)11-13-21/h6-8,14H,3-5,9-13H2,1-2H3,(H,19,22). The largest absolute Gasteiger partial charge is 0.352 e. The van der Waals surface area contributed by atoms with Crippen LogP contribution in [0.1, 0.15) is 46.9 Å². The zero-order chi connectivity index (χ0) is 16.7. The zero-order valence-electron chi connectivity index (χ0n) is 14.2. The molecule has 126 valence electrons. The number of unbranched alkanes of at least 4 members (excludes halogenated alkanes) is 2. The minimum atomic E-state index is -0.103. The summed E-state index contributed by atoms with van der Waals surface area (Å²) < 4.78 is 0. The van der Waals surface area contributed by atoms with Crippen LogP contribution in [0.2, 0.25) is 0 Å². The number of carbonyl (C=O) groups is 2. The summed E-state index contributed by atoms with van der Waals surface area (Å²) in [6.45, 7) is 6.08. The van der Waals surface area contributed by atoms with Gasteiger partial charge in [0, 0.05) is 43.9 Å². The molecule has 1 N–H and O–H groups in total. The highest BCUT2D eigenvalue weighted by atomic mass is 16.2. The molecule has 23 heavy (non-hydrogen) atoms. The number of hydrogen-bond donors (Lipinski definition) is 1. The Balaban J connectivity index is 1.96.